The van der Waals surface area contributed by atoms with E-state index in [-0.39, 0.29) is 28.3 Å². The maximum Gasteiger partial charge on any atom is 0.254 e. The molecule has 4 heterocycles. The van der Waals surface area contributed by atoms with Crippen LogP contribution in [0.15, 0.2) is 85.0 Å². The first-order valence-electron chi connectivity index (χ1n) is 14.5. The van der Waals surface area contributed by atoms with Crippen LogP contribution < -0.4 is 15.8 Å². The monoisotopic (exact) mass is 644 g/mol. The Morgan fingerprint density at radius 3 is 2.49 bits per heavy atom. The second-order valence-electron chi connectivity index (χ2n) is 11.6. The summed E-state index contributed by atoms with van der Waals surface area (Å²) in [6.07, 6.45) is 13.9. The van der Waals surface area contributed by atoms with E-state index >= 15 is 0 Å². The molecule has 10 nitrogen and oxygen atoms in total. The largest absolute Gasteiger partial charge is 0.354 e. The Morgan fingerprint density at radius 2 is 1.87 bits per heavy atom. The molecule has 1 amide bonds. The van der Waals surface area contributed by atoms with E-state index in [1.165, 1.54) is 3.97 Å². The summed E-state index contributed by atoms with van der Waals surface area (Å²) in [5.41, 5.74) is 3.06. The smallest absolute Gasteiger partial charge is 0.254 e. The Labute approximate surface area is 266 Å². The standard InChI is InChI=1S/C33H33ClN6O4S/c1-5-8-33(9-10-33)45(43,44)40-20-21(2)30-25(31(41)36-19-26-27(34)15-22(3)37-32(26)42)16-24(17-28(30)40)23-6-7-29(35-18-23)39-13-11-38(4)12-14-39/h5-7,11-18,20H,1,8-10,19H2,2-4H3,(H,36,41)(H,37,42). The lowest BCUT2D eigenvalue weighted by molar-refractivity contribution is 0.0952. The Balaban J connectivity index is 1.45. The highest BCUT2D eigenvalue weighted by Gasteiger charge is 2.54. The van der Waals surface area contributed by atoms with Crippen LogP contribution in [0.5, 0.6) is 0 Å². The van der Waals surface area contributed by atoms with E-state index in [2.05, 4.69) is 21.9 Å². The van der Waals surface area contributed by atoms with Gasteiger partial charge < -0.3 is 20.1 Å². The first-order valence-corrected chi connectivity index (χ1v) is 16.3. The molecule has 45 heavy (non-hydrogen) atoms. The van der Waals surface area contributed by atoms with Crippen molar-refractivity contribution >= 4 is 44.3 Å². The number of carbonyl (C=O) groups is 1. The summed E-state index contributed by atoms with van der Waals surface area (Å²) >= 11 is 6.32. The van der Waals surface area contributed by atoms with Crippen molar-refractivity contribution in [1.29, 1.82) is 0 Å². The highest BCUT2D eigenvalue weighted by atomic mass is 35.5. The van der Waals surface area contributed by atoms with Crippen molar-refractivity contribution in [2.24, 2.45) is 0 Å². The van der Waals surface area contributed by atoms with Crippen molar-refractivity contribution in [3.8, 4) is 11.1 Å². The number of nitrogens with zero attached hydrogens (tertiary/aromatic N) is 4. The number of aryl methyl sites for hydroxylation is 2. The molecule has 1 aromatic carbocycles. The highest BCUT2D eigenvalue weighted by Crippen LogP contribution is 2.49. The lowest BCUT2D eigenvalue weighted by atomic mass is 9.99. The lowest BCUT2D eigenvalue weighted by Gasteiger charge is -2.21. The van der Waals surface area contributed by atoms with Gasteiger partial charge in [-0.2, -0.15) is 0 Å². The number of nitrogens with one attached hydrogen (secondary N) is 2. The molecule has 2 N–H and O–H groups in total. The molecule has 6 rings (SSSR count). The van der Waals surface area contributed by atoms with E-state index in [1.54, 1.807) is 50.5 Å². The fraction of sp³-hybridized carbons (Fsp3) is 0.242. The van der Waals surface area contributed by atoms with Crippen LogP contribution in [0.4, 0.5) is 5.82 Å². The van der Waals surface area contributed by atoms with Gasteiger partial charge in [-0.05, 0) is 74.6 Å². The minimum Gasteiger partial charge on any atom is -0.354 e. The molecule has 3 aromatic heterocycles. The molecule has 0 saturated heterocycles. The maximum atomic E-state index is 14.0. The fourth-order valence-electron chi connectivity index (χ4n) is 5.67. The average Bonchev–Trinajstić information content (AvgIpc) is 3.73. The van der Waals surface area contributed by atoms with Crippen LogP contribution in [-0.4, -0.2) is 45.0 Å². The van der Waals surface area contributed by atoms with Gasteiger partial charge in [0, 0.05) is 66.4 Å². The SMILES string of the molecule is C=CCC1(S(=O)(=O)n2cc(C)c3c(C(=O)NCc4c(Cl)cc(C)[nH]c4=O)cc(-c4ccc(N5C=CN(C)C=C5)nc4)cc32)CC1. The van der Waals surface area contributed by atoms with Gasteiger partial charge in [-0.25, -0.2) is 17.4 Å². The molecule has 1 aliphatic heterocycles. The number of H-pyrrole nitrogens is 1. The Morgan fingerprint density at radius 1 is 1.13 bits per heavy atom. The van der Waals surface area contributed by atoms with E-state index < -0.39 is 20.7 Å². The molecule has 2 aliphatic rings. The number of aromatic amines is 1. The molecular weight excluding hydrogens is 612 g/mol. The number of halogens is 1. The van der Waals surface area contributed by atoms with Gasteiger partial charge in [0.2, 0.25) is 10.0 Å². The summed E-state index contributed by atoms with van der Waals surface area (Å²) in [6, 6.07) is 8.88. The molecule has 0 radical (unpaired) electrons. The summed E-state index contributed by atoms with van der Waals surface area (Å²) in [5.74, 6) is 0.223. The molecule has 1 saturated carbocycles. The Bertz CT molecular complexity index is 2060. The molecule has 4 aromatic rings. The maximum absolute atomic E-state index is 14.0. The summed E-state index contributed by atoms with van der Waals surface area (Å²) in [4.78, 5) is 37.5. The van der Waals surface area contributed by atoms with Gasteiger partial charge in [0.25, 0.3) is 11.5 Å². The average molecular weight is 645 g/mol. The number of hydrogen-bond donors (Lipinski definition) is 2. The second kappa shape index (κ2) is 11.4. The topological polar surface area (TPSA) is 120 Å². The number of fused-ring (bicyclic) bond motifs is 1. The van der Waals surface area contributed by atoms with E-state index in [1.807, 2.05) is 53.8 Å². The zero-order valence-corrected chi connectivity index (χ0v) is 26.7. The summed E-state index contributed by atoms with van der Waals surface area (Å²) in [7, 11) is -1.89. The third-order valence-corrected chi connectivity index (χ3v) is 11.2. The summed E-state index contributed by atoms with van der Waals surface area (Å²) in [6.45, 7) is 7.17. The molecule has 232 valence electrons. The van der Waals surface area contributed by atoms with Gasteiger partial charge in [0.15, 0.2) is 0 Å². The number of aromatic nitrogens is 3. The van der Waals surface area contributed by atoms with Crippen molar-refractivity contribution in [2.45, 2.75) is 44.4 Å². The quantitative estimate of drug-likeness (QED) is 0.229. The number of carbonyl (C=O) groups excluding carboxylic acids is 1. The van der Waals surface area contributed by atoms with Crippen LogP contribution in [0, 0.1) is 13.8 Å². The number of allylic oxidation sites excluding steroid dienone is 1. The van der Waals surface area contributed by atoms with Gasteiger partial charge in [0.1, 0.15) is 5.82 Å². The van der Waals surface area contributed by atoms with Crippen LogP contribution in [0.1, 0.15) is 46.4 Å². The van der Waals surface area contributed by atoms with Gasteiger partial charge >= 0.3 is 0 Å². The predicted molar refractivity (Wildman–Crippen MR) is 178 cm³/mol. The molecule has 1 fully saturated rings. The van der Waals surface area contributed by atoms with Crippen LogP contribution in [0.3, 0.4) is 0 Å². The zero-order chi connectivity index (χ0) is 32.1. The Hall–Kier alpha value is -4.61. The van der Waals surface area contributed by atoms with Crippen molar-refractivity contribution in [3.63, 3.8) is 0 Å². The zero-order valence-electron chi connectivity index (χ0n) is 25.2. The van der Waals surface area contributed by atoms with Crippen molar-refractivity contribution in [3.05, 3.63) is 118 Å². The summed E-state index contributed by atoms with van der Waals surface area (Å²) < 4.78 is 28.5. The number of amides is 1. The first kappa shape index (κ1) is 30.4. The molecule has 0 spiro atoms. The van der Waals surface area contributed by atoms with E-state index in [4.69, 9.17) is 11.6 Å². The second-order valence-corrected chi connectivity index (χ2v) is 14.2. The van der Waals surface area contributed by atoms with Crippen molar-refractivity contribution in [1.82, 2.24) is 24.2 Å². The van der Waals surface area contributed by atoms with Crippen LogP contribution in [-0.2, 0) is 16.6 Å². The Kier molecular flexibility index (Phi) is 7.70. The third kappa shape index (κ3) is 5.46. The minimum atomic E-state index is -3.82. The number of rotatable bonds is 9. The first-order chi connectivity index (χ1) is 21.4. The van der Waals surface area contributed by atoms with Crippen LogP contribution >= 0.6 is 11.6 Å². The number of anilines is 1. The molecular formula is C33H33ClN6O4S. The number of pyridine rings is 2. The van der Waals surface area contributed by atoms with Gasteiger partial charge in [-0.1, -0.05) is 17.7 Å². The van der Waals surface area contributed by atoms with Crippen LogP contribution in [0.25, 0.3) is 22.0 Å². The van der Waals surface area contributed by atoms with E-state index in [0.29, 0.717) is 58.4 Å². The number of hydrogen-bond acceptors (Lipinski definition) is 7. The van der Waals surface area contributed by atoms with Gasteiger partial charge in [-0.3, -0.25) is 9.59 Å². The normalized spacial score (nSPS) is 15.5. The highest BCUT2D eigenvalue weighted by molar-refractivity contribution is 7.91. The molecule has 0 atom stereocenters. The predicted octanol–water partition coefficient (Wildman–Crippen LogP) is 5.57. The van der Waals surface area contributed by atoms with E-state index in [9.17, 15) is 18.0 Å². The molecule has 0 unspecified atom stereocenters. The minimum absolute atomic E-state index is 0.109. The van der Waals surface area contributed by atoms with Gasteiger partial charge in [-0.15, -0.1) is 6.58 Å². The number of benzene rings is 1. The van der Waals surface area contributed by atoms with Crippen molar-refractivity contribution < 1.29 is 13.2 Å². The summed E-state index contributed by atoms with van der Waals surface area (Å²) in [5, 5.41) is 3.58. The third-order valence-electron chi connectivity index (χ3n) is 8.35. The fourth-order valence-corrected chi connectivity index (χ4v) is 8.05. The molecule has 1 aliphatic carbocycles. The molecule has 0 bridgehead atoms. The molecule has 12 heteroatoms. The lowest BCUT2D eigenvalue weighted by Crippen LogP contribution is -2.29. The van der Waals surface area contributed by atoms with Crippen molar-refractivity contribution in [2.75, 3.05) is 11.9 Å². The van der Waals surface area contributed by atoms with Gasteiger partial charge in [0.05, 0.1) is 27.4 Å². The van der Waals surface area contributed by atoms with Crippen LogP contribution in [0.2, 0.25) is 5.02 Å². The van der Waals surface area contributed by atoms with E-state index in [0.717, 1.165) is 0 Å².